The van der Waals surface area contributed by atoms with Crippen molar-refractivity contribution in [3.05, 3.63) is 59.8 Å². The summed E-state index contributed by atoms with van der Waals surface area (Å²) in [5.74, 6) is 0.714. The van der Waals surface area contributed by atoms with E-state index in [2.05, 4.69) is 15.5 Å². The highest BCUT2D eigenvalue weighted by molar-refractivity contribution is 5.37. The molecule has 0 aliphatic heterocycles. The Morgan fingerprint density at radius 1 is 1.19 bits per heavy atom. The van der Waals surface area contributed by atoms with Gasteiger partial charge in [-0.05, 0) is 29.8 Å². The molecule has 1 N–H and O–H groups in total. The molecule has 6 heteroatoms. The quantitative estimate of drug-likeness (QED) is 0.781. The van der Waals surface area contributed by atoms with Gasteiger partial charge in [-0.15, -0.1) is 10.2 Å². The smallest absolute Gasteiger partial charge is 0.165 e. The maximum atomic E-state index is 13.6. The van der Waals surface area contributed by atoms with E-state index in [9.17, 15) is 4.39 Å². The van der Waals surface area contributed by atoms with E-state index in [1.165, 1.54) is 13.2 Å². The molecule has 0 saturated heterocycles. The molecule has 3 aromatic rings. The van der Waals surface area contributed by atoms with Crippen molar-refractivity contribution < 1.29 is 9.13 Å². The van der Waals surface area contributed by atoms with Crippen LogP contribution in [-0.4, -0.2) is 21.7 Å². The van der Waals surface area contributed by atoms with Crippen LogP contribution in [0, 0.1) is 5.82 Å². The van der Waals surface area contributed by atoms with Crippen molar-refractivity contribution in [1.29, 1.82) is 0 Å². The number of ether oxygens (including phenoxy) is 1. The first-order valence-electron chi connectivity index (χ1n) is 6.59. The zero-order valence-electron chi connectivity index (χ0n) is 11.6. The highest BCUT2D eigenvalue weighted by Crippen LogP contribution is 2.17. The van der Waals surface area contributed by atoms with E-state index in [0.29, 0.717) is 13.1 Å². The van der Waals surface area contributed by atoms with Gasteiger partial charge < -0.3 is 10.1 Å². The number of pyridine rings is 1. The first kappa shape index (κ1) is 13.5. The van der Waals surface area contributed by atoms with Crippen LogP contribution < -0.4 is 10.1 Å². The molecule has 2 aromatic heterocycles. The van der Waals surface area contributed by atoms with E-state index in [0.717, 1.165) is 17.0 Å². The summed E-state index contributed by atoms with van der Waals surface area (Å²) in [7, 11) is 1.45. The Morgan fingerprint density at radius 3 is 2.90 bits per heavy atom. The minimum Gasteiger partial charge on any atom is -0.494 e. The van der Waals surface area contributed by atoms with Gasteiger partial charge in [0, 0.05) is 12.7 Å². The summed E-state index contributed by atoms with van der Waals surface area (Å²) < 4.78 is 20.4. The largest absolute Gasteiger partial charge is 0.494 e. The summed E-state index contributed by atoms with van der Waals surface area (Å²) in [6.07, 6.45) is 1.92. The molecule has 0 atom stereocenters. The number of rotatable bonds is 5. The number of nitrogens with one attached hydrogen (secondary N) is 1. The highest BCUT2D eigenvalue weighted by Gasteiger charge is 2.05. The van der Waals surface area contributed by atoms with Gasteiger partial charge in [0.05, 0.1) is 13.7 Å². The molecule has 0 spiro atoms. The summed E-state index contributed by atoms with van der Waals surface area (Å²) >= 11 is 0. The zero-order valence-corrected chi connectivity index (χ0v) is 11.6. The number of methoxy groups -OCH3 is 1. The lowest BCUT2D eigenvalue weighted by Gasteiger charge is -2.06. The van der Waals surface area contributed by atoms with Crippen LogP contribution in [-0.2, 0) is 13.1 Å². The number of fused-ring (bicyclic) bond motifs is 1. The van der Waals surface area contributed by atoms with Crippen molar-refractivity contribution in [2.75, 3.05) is 7.11 Å². The normalized spacial score (nSPS) is 11.0. The number of aromatic nitrogens is 3. The fraction of sp³-hybridized carbons (Fsp3) is 0.200. The Bertz CT molecular complexity index is 756. The van der Waals surface area contributed by atoms with Gasteiger partial charge in [0.2, 0.25) is 0 Å². The molecule has 0 fully saturated rings. The summed E-state index contributed by atoms with van der Waals surface area (Å²) in [5, 5.41) is 11.4. The Hall–Kier alpha value is -2.47. The van der Waals surface area contributed by atoms with Crippen molar-refractivity contribution in [2.24, 2.45) is 0 Å². The first-order valence-corrected chi connectivity index (χ1v) is 6.59. The molecule has 5 nitrogen and oxygen atoms in total. The molecule has 0 saturated carbocycles. The summed E-state index contributed by atoms with van der Waals surface area (Å²) in [6, 6.07) is 10.7. The van der Waals surface area contributed by atoms with Crippen molar-refractivity contribution in [1.82, 2.24) is 19.9 Å². The average Bonchev–Trinajstić information content (AvgIpc) is 2.91. The Balaban J connectivity index is 1.65. The Morgan fingerprint density at radius 2 is 2.10 bits per heavy atom. The monoisotopic (exact) mass is 286 g/mol. The van der Waals surface area contributed by atoms with Gasteiger partial charge in [-0.1, -0.05) is 12.1 Å². The third kappa shape index (κ3) is 2.85. The second-order valence-corrected chi connectivity index (χ2v) is 4.62. The summed E-state index contributed by atoms with van der Waals surface area (Å²) in [6.45, 7) is 1.10. The van der Waals surface area contributed by atoms with Crippen molar-refractivity contribution in [3.8, 4) is 5.75 Å². The number of nitrogens with zero attached hydrogens (tertiary/aromatic N) is 3. The Labute approximate surface area is 121 Å². The topological polar surface area (TPSA) is 51.5 Å². The van der Waals surface area contributed by atoms with Crippen LogP contribution in [0.25, 0.3) is 5.65 Å². The standard InChI is InChI=1S/C15H15FN4O/c1-21-13-6-5-11(8-12(13)16)9-17-10-15-19-18-14-4-2-3-7-20(14)15/h2-8,17H,9-10H2,1H3. The van der Waals surface area contributed by atoms with E-state index in [-0.39, 0.29) is 11.6 Å². The number of hydrogen-bond acceptors (Lipinski definition) is 4. The molecule has 0 unspecified atom stereocenters. The molecular formula is C15H15FN4O. The van der Waals surface area contributed by atoms with Gasteiger partial charge in [0.15, 0.2) is 23.0 Å². The summed E-state index contributed by atoms with van der Waals surface area (Å²) in [4.78, 5) is 0. The molecule has 0 aliphatic rings. The fourth-order valence-corrected chi connectivity index (χ4v) is 2.15. The van der Waals surface area contributed by atoms with Gasteiger partial charge in [-0.3, -0.25) is 4.40 Å². The lowest BCUT2D eigenvalue weighted by Crippen LogP contribution is -2.15. The van der Waals surface area contributed by atoms with Crippen molar-refractivity contribution in [3.63, 3.8) is 0 Å². The van der Waals surface area contributed by atoms with Gasteiger partial charge in [0.1, 0.15) is 0 Å². The number of hydrogen-bond donors (Lipinski definition) is 1. The lowest BCUT2D eigenvalue weighted by molar-refractivity contribution is 0.386. The second-order valence-electron chi connectivity index (χ2n) is 4.62. The minimum absolute atomic E-state index is 0.252. The minimum atomic E-state index is -0.357. The maximum Gasteiger partial charge on any atom is 0.165 e. The number of benzene rings is 1. The van der Waals surface area contributed by atoms with Gasteiger partial charge >= 0.3 is 0 Å². The molecule has 0 aliphatic carbocycles. The highest BCUT2D eigenvalue weighted by atomic mass is 19.1. The molecule has 1 aromatic carbocycles. The number of halogens is 1. The molecule has 108 valence electrons. The van der Waals surface area contributed by atoms with Crippen molar-refractivity contribution in [2.45, 2.75) is 13.1 Å². The van der Waals surface area contributed by atoms with Gasteiger partial charge in [0.25, 0.3) is 0 Å². The maximum absolute atomic E-state index is 13.6. The van der Waals surface area contributed by atoms with Crippen LogP contribution in [0.2, 0.25) is 0 Å². The fourth-order valence-electron chi connectivity index (χ4n) is 2.15. The predicted molar refractivity (Wildman–Crippen MR) is 76.5 cm³/mol. The van der Waals surface area contributed by atoms with Gasteiger partial charge in [-0.25, -0.2) is 4.39 Å². The second kappa shape index (κ2) is 5.88. The Kier molecular flexibility index (Phi) is 3.79. The average molecular weight is 286 g/mol. The van der Waals surface area contributed by atoms with Crippen LogP contribution >= 0.6 is 0 Å². The van der Waals surface area contributed by atoms with E-state index in [1.807, 2.05) is 34.9 Å². The van der Waals surface area contributed by atoms with Crippen LogP contribution in [0.5, 0.6) is 5.75 Å². The van der Waals surface area contributed by atoms with E-state index in [1.54, 1.807) is 6.07 Å². The molecule has 3 rings (SSSR count). The van der Waals surface area contributed by atoms with Gasteiger partial charge in [-0.2, -0.15) is 0 Å². The predicted octanol–water partition coefficient (Wildman–Crippen LogP) is 2.17. The molecule has 0 amide bonds. The molecule has 21 heavy (non-hydrogen) atoms. The van der Waals surface area contributed by atoms with Crippen LogP contribution in [0.15, 0.2) is 42.6 Å². The van der Waals surface area contributed by atoms with E-state index in [4.69, 9.17) is 4.74 Å². The first-order chi connectivity index (χ1) is 10.3. The molecule has 2 heterocycles. The lowest BCUT2D eigenvalue weighted by atomic mass is 10.2. The van der Waals surface area contributed by atoms with Crippen LogP contribution in [0.4, 0.5) is 4.39 Å². The molecular weight excluding hydrogens is 271 g/mol. The molecule has 0 radical (unpaired) electrons. The summed E-state index contributed by atoms with van der Waals surface area (Å²) in [5.41, 5.74) is 1.66. The van der Waals surface area contributed by atoms with Crippen LogP contribution in [0.3, 0.4) is 0 Å². The van der Waals surface area contributed by atoms with E-state index >= 15 is 0 Å². The SMILES string of the molecule is COc1ccc(CNCc2nnc3ccccn23)cc1F. The third-order valence-electron chi connectivity index (χ3n) is 3.21. The van der Waals surface area contributed by atoms with Crippen molar-refractivity contribution >= 4 is 5.65 Å². The zero-order chi connectivity index (χ0) is 14.7. The van der Waals surface area contributed by atoms with Crippen LogP contribution in [0.1, 0.15) is 11.4 Å². The van der Waals surface area contributed by atoms with E-state index < -0.39 is 0 Å². The third-order valence-corrected chi connectivity index (χ3v) is 3.21. The molecule has 0 bridgehead atoms.